The van der Waals surface area contributed by atoms with Crippen LogP contribution in [0.1, 0.15) is 63.1 Å². The quantitative estimate of drug-likeness (QED) is 0.632. The van der Waals surface area contributed by atoms with Gasteiger partial charge in [-0.15, -0.1) is 0 Å². The monoisotopic (exact) mass is 514 g/mol. The van der Waals surface area contributed by atoms with Gasteiger partial charge in [0.05, 0.1) is 4.90 Å². The standard InChI is InChI=1S/C28H35FN2O4S/c1-17-8-10-19(29)15-24(17)36(34,35)30-20-11-9-18(14-20)26(33)31-13-12-28(4)22-6-5-7-23(32)21(22)16-25(31)27(28,2)3/h5-8,10,15,18,20,25,30,32H,9,11-14,16H2,1-4H3/t18-,20?,25-,28+/m1/s1. The number of halogens is 1. The molecule has 1 amide bonds. The largest absolute Gasteiger partial charge is 0.508 e. The van der Waals surface area contributed by atoms with Gasteiger partial charge in [-0.25, -0.2) is 17.5 Å². The number of hydrogen-bond donors (Lipinski definition) is 2. The van der Waals surface area contributed by atoms with Crippen LogP contribution in [0.2, 0.25) is 0 Å². The maximum absolute atomic E-state index is 13.8. The zero-order valence-corrected chi connectivity index (χ0v) is 22.2. The van der Waals surface area contributed by atoms with Crippen molar-refractivity contribution >= 4 is 15.9 Å². The average Bonchev–Trinajstić information content (AvgIpc) is 3.25. The van der Waals surface area contributed by atoms with Crippen molar-refractivity contribution in [3.63, 3.8) is 0 Å². The minimum absolute atomic E-state index is 0.0461. The van der Waals surface area contributed by atoms with Gasteiger partial charge in [-0.3, -0.25) is 4.79 Å². The summed E-state index contributed by atoms with van der Waals surface area (Å²) in [6.07, 6.45) is 3.01. The number of phenols is 1. The van der Waals surface area contributed by atoms with Crippen LogP contribution in [-0.4, -0.2) is 43.0 Å². The van der Waals surface area contributed by atoms with Gasteiger partial charge in [0.15, 0.2) is 0 Å². The van der Waals surface area contributed by atoms with E-state index in [0.717, 1.165) is 18.1 Å². The van der Waals surface area contributed by atoms with E-state index in [-0.39, 0.29) is 45.4 Å². The first kappa shape index (κ1) is 25.2. The molecule has 0 aromatic heterocycles. The van der Waals surface area contributed by atoms with E-state index < -0.39 is 15.8 Å². The molecule has 2 N–H and O–H groups in total. The summed E-state index contributed by atoms with van der Waals surface area (Å²) < 4.78 is 42.3. The summed E-state index contributed by atoms with van der Waals surface area (Å²) in [7, 11) is -3.89. The van der Waals surface area contributed by atoms with Gasteiger partial charge < -0.3 is 10.0 Å². The first-order valence-electron chi connectivity index (χ1n) is 12.8. The van der Waals surface area contributed by atoms with E-state index >= 15 is 0 Å². The Labute approximate surface area is 213 Å². The van der Waals surface area contributed by atoms with Crippen LogP contribution < -0.4 is 4.72 Å². The smallest absolute Gasteiger partial charge is 0.241 e. The van der Waals surface area contributed by atoms with Crippen molar-refractivity contribution in [3.8, 4) is 5.75 Å². The molecule has 6 nitrogen and oxygen atoms in total. The fraction of sp³-hybridized carbons (Fsp3) is 0.536. The summed E-state index contributed by atoms with van der Waals surface area (Å²) in [5.41, 5.74) is 2.25. The van der Waals surface area contributed by atoms with Gasteiger partial charge in [-0.05, 0) is 79.3 Å². The van der Waals surface area contributed by atoms with Gasteiger partial charge in [0.2, 0.25) is 15.9 Å². The molecule has 194 valence electrons. The maximum atomic E-state index is 13.8. The molecule has 2 bridgehead atoms. The number of aryl methyl sites for hydroxylation is 1. The lowest BCUT2D eigenvalue weighted by atomic mass is 9.51. The molecule has 4 atom stereocenters. The molecule has 36 heavy (non-hydrogen) atoms. The van der Waals surface area contributed by atoms with Crippen LogP contribution >= 0.6 is 0 Å². The van der Waals surface area contributed by atoms with Crippen LogP contribution in [0.5, 0.6) is 5.75 Å². The Balaban J connectivity index is 1.34. The van der Waals surface area contributed by atoms with Gasteiger partial charge >= 0.3 is 0 Å². The number of carbonyl (C=O) groups excluding carboxylic acids is 1. The third-order valence-corrected chi connectivity index (χ3v) is 11.1. The van der Waals surface area contributed by atoms with Crippen molar-refractivity contribution in [2.24, 2.45) is 11.3 Å². The number of piperidine rings is 1. The third kappa shape index (κ3) is 3.84. The van der Waals surface area contributed by atoms with E-state index in [2.05, 4.69) is 31.6 Å². The van der Waals surface area contributed by atoms with Gasteiger partial charge in [0.1, 0.15) is 11.6 Å². The fourth-order valence-electron chi connectivity index (χ4n) is 6.88. The molecule has 1 saturated carbocycles. The number of fused-ring (bicyclic) bond motifs is 4. The average molecular weight is 515 g/mol. The minimum atomic E-state index is -3.89. The van der Waals surface area contributed by atoms with E-state index in [1.165, 1.54) is 17.7 Å². The minimum Gasteiger partial charge on any atom is -0.508 e. The topological polar surface area (TPSA) is 86.7 Å². The van der Waals surface area contributed by atoms with Crippen molar-refractivity contribution < 1.29 is 22.7 Å². The lowest BCUT2D eigenvalue weighted by Gasteiger charge is -2.61. The van der Waals surface area contributed by atoms with Crippen molar-refractivity contribution in [3.05, 3.63) is 58.9 Å². The molecule has 1 saturated heterocycles. The number of aromatic hydroxyl groups is 1. The molecule has 0 spiro atoms. The summed E-state index contributed by atoms with van der Waals surface area (Å²) in [4.78, 5) is 15.7. The molecule has 2 fully saturated rings. The van der Waals surface area contributed by atoms with E-state index in [1.54, 1.807) is 13.0 Å². The normalized spacial score (nSPS) is 29.1. The maximum Gasteiger partial charge on any atom is 0.241 e. The zero-order valence-electron chi connectivity index (χ0n) is 21.3. The van der Waals surface area contributed by atoms with Gasteiger partial charge in [-0.1, -0.05) is 39.0 Å². The Morgan fingerprint density at radius 3 is 2.67 bits per heavy atom. The number of hydrogen-bond acceptors (Lipinski definition) is 4. The molecule has 2 aromatic rings. The van der Waals surface area contributed by atoms with Crippen LogP contribution in [0.15, 0.2) is 41.3 Å². The third-order valence-electron chi connectivity index (χ3n) is 9.45. The molecule has 1 unspecified atom stereocenters. The first-order valence-corrected chi connectivity index (χ1v) is 14.2. The molecule has 1 heterocycles. The van der Waals surface area contributed by atoms with Crippen molar-refractivity contribution in [1.82, 2.24) is 9.62 Å². The second-order valence-electron chi connectivity index (χ2n) is 11.6. The Morgan fingerprint density at radius 2 is 1.92 bits per heavy atom. The molecular weight excluding hydrogens is 479 g/mol. The van der Waals surface area contributed by atoms with Crippen LogP contribution in [0, 0.1) is 24.1 Å². The molecule has 2 aliphatic carbocycles. The fourth-order valence-corrected chi connectivity index (χ4v) is 8.42. The highest BCUT2D eigenvalue weighted by Gasteiger charge is 2.57. The Hall–Kier alpha value is -2.45. The lowest BCUT2D eigenvalue weighted by molar-refractivity contribution is -0.148. The number of carbonyl (C=O) groups is 1. The van der Waals surface area contributed by atoms with Crippen LogP contribution in [-0.2, 0) is 26.7 Å². The molecule has 1 aliphatic heterocycles. The number of sulfonamides is 1. The molecule has 8 heteroatoms. The summed E-state index contributed by atoms with van der Waals surface area (Å²) in [6, 6.07) is 9.05. The lowest BCUT2D eigenvalue weighted by Crippen LogP contribution is -2.65. The Kier molecular flexibility index (Phi) is 5.99. The van der Waals surface area contributed by atoms with E-state index in [0.29, 0.717) is 37.8 Å². The number of nitrogens with one attached hydrogen (secondary N) is 1. The second-order valence-corrected chi connectivity index (χ2v) is 13.3. The van der Waals surface area contributed by atoms with Gasteiger partial charge in [0.25, 0.3) is 0 Å². The summed E-state index contributed by atoms with van der Waals surface area (Å²) in [5, 5.41) is 10.6. The number of likely N-dealkylation sites (tertiary alicyclic amines) is 1. The van der Waals surface area contributed by atoms with Crippen molar-refractivity contribution in [1.29, 1.82) is 0 Å². The summed E-state index contributed by atoms with van der Waals surface area (Å²) in [6.45, 7) is 8.97. The number of benzene rings is 2. The second kappa shape index (κ2) is 8.55. The zero-order chi connectivity index (χ0) is 26.0. The molecule has 5 rings (SSSR count). The highest BCUT2D eigenvalue weighted by molar-refractivity contribution is 7.89. The highest BCUT2D eigenvalue weighted by Crippen LogP contribution is 2.57. The molecular formula is C28H35FN2O4S. The predicted molar refractivity (Wildman–Crippen MR) is 136 cm³/mol. The molecule has 2 aromatic carbocycles. The van der Waals surface area contributed by atoms with E-state index in [1.807, 2.05) is 11.0 Å². The highest BCUT2D eigenvalue weighted by atomic mass is 32.2. The van der Waals surface area contributed by atoms with Crippen molar-refractivity contribution in [2.75, 3.05) is 6.54 Å². The Morgan fingerprint density at radius 1 is 1.17 bits per heavy atom. The van der Waals surface area contributed by atoms with E-state index in [4.69, 9.17) is 0 Å². The van der Waals surface area contributed by atoms with Crippen LogP contribution in [0.25, 0.3) is 0 Å². The SMILES string of the molecule is Cc1ccc(F)cc1S(=O)(=O)NC1CC[C@@H](C(=O)N2CC[C@@]3(C)c4cccc(O)c4C[C@@H]2C3(C)C)C1. The summed E-state index contributed by atoms with van der Waals surface area (Å²) in [5.74, 6) is -0.508. The number of amides is 1. The Bertz CT molecular complexity index is 1320. The van der Waals surface area contributed by atoms with E-state index in [9.17, 15) is 22.7 Å². The summed E-state index contributed by atoms with van der Waals surface area (Å²) >= 11 is 0. The molecule has 0 radical (unpaired) electrons. The number of phenolic OH excluding ortho intramolecular Hbond substituents is 1. The number of rotatable bonds is 4. The molecule has 3 aliphatic rings. The first-order chi connectivity index (χ1) is 16.8. The van der Waals surface area contributed by atoms with Gasteiger partial charge in [-0.2, -0.15) is 0 Å². The van der Waals surface area contributed by atoms with Crippen molar-refractivity contribution in [2.45, 2.75) is 82.2 Å². The van der Waals surface area contributed by atoms with Gasteiger partial charge in [0, 0.05) is 30.0 Å². The van der Waals surface area contributed by atoms with Crippen LogP contribution in [0.4, 0.5) is 4.39 Å². The van der Waals surface area contributed by atoms with Crippen LogP contribution in [0.3, 0.4) is 0 Å². The number of nitrogens with zero attached hydrogens (tertiary/aromatic N) is 1. The predicted octanol–water partition coefficient (Wildman–Crippen LogP) is 4.43.